The predicted molar refractivity (Wildman–Crippen MR) is 120 cm³/mol. The number of fused-ring (bicyclic) bond motifs is 1. The van der Waals surface area contributed by atoms with E-state index in [4.69, 9.17) is 4.74 Å². The van der Waals surface area contributed by atoms with Gasteiger partial charge < -0.3 is 4.74 Å². The molecule has 8 heteroatoms. The fraction of sp³-hybridized carbons (Fsp3) is 0.174. The van der Waals surface area contributed by atoms with Crippen LogP contribution in [0.1, 0.15) is 17.5 Å². The van der Waals surface area contributed by atoms with Crippen LogP contribution in [0.5, 0.6) is 5.88 Å². The zero-order valence-electron chi connectivity index (χ0n) is 17.0. The van der Waals surface area contributed by atoms with E-state index in [2.05, 4.69) is 19.7 Å². The van der Waals surface area contributed by atoms with Crippen molar-refractivity contribution in [1.82, 2.24) is 15.0 Å². The van der Waals surface area contributed by atoms with E-state index < -0.39 is 10.0 Å². The van der Waals surface area contributed by atoms with E-state index in [-0.39, 0.29) is 16.6 Å². The number of sulfonamides is 1. The number of para-hydroxylation sites is 2. The highest BCUT2D eigenvalue weighted by Gasteiger charge is 2.19. The third kappa shape index (κ3) is 5.16. The van der Waals surface area contributed by atoms with Crippen LogP contribution < -0.4 is 9.46 Å². The van der Waals surface area contributed by atoms with E-state index >= 15 is 0 Å². The van der Waals surface area contributed by atoms with Gasteiger partial charge in [-0.1, -0.05) is 35.9 Å². The van der Waals surface area contributed by atoms with Crippen molar-refractivity contribution in [2.75, 3.05) is 11.3 Å². The maximum atomic E-state index is 12.9. The molecule has 31 heavy (non-hydrogen) atoms. The Kier molecular flexibility index (Phi) is 6.08. The smallest absolute Gasteiger partial charge is 0.263 e. The number of aryl methyl sites for hydroxylation is 2. The zero-order chi connectivity index (χ0) is 21.7. The van der Waals surface area contributed by atoms with Crippen molar-refractivity contribution in [1.29, 1.82) is 0 Å². The van der Waals surface area contributed by atoms with E-state index in [1.165, 1.54) is 0 Å². The maximum absolute atomic E-state index is 12.9. The molecule has 7 nitrogen and oxygen atoms in total. The van der Waals surface area contributed by atoms with Crippen molar-refractivity contribution < 1.29 is 13.2 Å². The number of aromatic nitrogens is 3. The lowest BCUT2D eigenvalue weighted by atomic mass is 10.2. The molecule has 2 heterocycles. The summed E-state index contributed by atoms with van der Waals surface area (Å²) in [5.74, 6) is 0.223. The summed E-state index contributed by atoms with van der Waals surface area (Å²) in [4.78, 5) is 13.2. The Morgan fingerprint density at radius 1 is 0.935 bits per heavy atom. The van der Waals surface area contributed by atoms with Gasteiger partial charge in [0, 0.05) is 12.4 Å². The quantitative estimate of drug-likeness (QED) is 0.419. The molecular formula is C23H22N4O3S. The van der Waals surface area contributed by atoms with Crippen LogP contribution in [0.3, 0.4) is 0 Å². The Bertz CT molecular complexity index is 1280. The SMILES string of the molecule is Cc1ccc(S(=O)(=O)Nc2nc3ccccc3nc2OCCCc2cccnc2)cc1. The Morgan fingerprint density at radius 3 is 2.39 bits per heavy atom. The number of hydrogen-bond acceptors (Lipinski definition) is 6. The molecule has 0 saturated carbocycles. The zero-order valence-corrected chi connectivity index (χ0v) is 17.8. The second-order valence-corrected chi connectivity index (χ2v) is 8.78. The van der Waals surface area contributed by atoms with Gasteiger partial charge in [0.1, 0.15) is 0 Å². The minimum atomic E-state index is -3.84. The first-order valence-electron chi connectivity index (χ1n) is 9.89. The summed E-state index contributed by atoms with van der Waals surface area (Å²) < 4.78 is 34.1. The number of nitrogens with zero attached hydrogens (tertiary/aromatic N) is 3. The molecule has 0 unspecified atom stereocenters. The summed E-state index contributed by atoms with van der Waals surface area (Å²) in [6, 6.07) is 17.8. The van der Waals surface area contributed by atoms with Crippen LogP contribution in [0.15, 0.2) is 78.0 Å². The Labute approximate surface area is 181 Å². The molecular weight excluding hydrogens is 412 g/mol. The molecule has 2 aromatic heterocycles. The first-order valence-corrected chi connectivity index (χ1v) is 11.4. The molecule has 0 fully saturated rings. The minimum Gasteiger partial charge on any atom is -0.475 e. The van der Waals surface area contributed by atoms with Crippen molar-refractivity contribution >= 4 is 26.9 Å². The van der Waals surface area contributed by atoms with Gasteiger partial charge in [0.25, 0.3) is 15.9 Å². The normalized spacial score (nSPS) is 11.4. The molecule has 0 bridgehead atoms. The summed E-state index contributed by atoms with van der Waals surface area (Å²) in [6.45, 7) is 2.26. The lowest BCUT2D eigenvalue weighted by Gasteiger charge is -2.13. The van der Waals surface area contributed by atoms with E-state index in [0.29, 0.717) is 17.6 Å². The van der Waals surface area contributed by atoms with Gasteiger partial charge in [-0.15, -0.1) is 0 Å². The van der Waals surface area contributed by atoms with Crippen LogP contribution in [-0.4, -0.2) is 30.0 Å². The standard InChI is InChI=1S/C23H22N4O3S/c1-17-10-12-19(13-11-17)31(28,29)27-22-23(26-21-9-3-2-8-20(21)25-22)30-15-5-7-18-6-4-14-24-16-18/h2-4,6,8-14,16H,5,7,15H2,1H3,(H,25,27). The molecule has 2 aromatic carbocycles. The number of ether oxygens (including phenoxy) is 1. The summed E-state index contributed by atoms with van der Waals surface area (Å²) >= 11 is 0. The molecule has 0 spiro atoms. The molecule has 0 aliphatic rings. The summed E-state index contributed by atoms with van der Waals surface area (Å²) in [5.41, 5.74) is 3.29. The Morgan fingerprint density at radius 2 is 1.68 bits per heavy atom. The van der Waals surface area contributed by atoms with Crippen LogP contribution in [0.2, 0.25) is 0 Å². The minimum absolute atomic E-state index is 0.0700. The van der Waals surface area contributed by atoms with E-state index in [0.717, 1.165) is 24.0 Å². The van der Waals surface area contributed by atoms with Crippen molar-refractivity contribution in [2.45, 2.75) is 24.7 Å². The van der Waals surface area contributed by atoms with Gasteiger partial charge in [-0.25, -0.2) is 18.4 Å². The lowest BCUT2D eigenvalue weighted by Crippen LogP contribution is -2.16. The van der Waals surface area contributed by atoms with Crippen molar-refractivity contribution in [3.63, 3.8) is 0 Å². The van der Waals surface area contributed by atoms with Gasteiger partial charge >= 0.3 is 0 Å². The number of hydrogen-bond donors (Lipinski definition) is 1. The highest BCUT2D eigenvalue weighted by atomic mass is 32.2. The van der Waals surface area contributed by atoms with Gasteiger partial charge in [0.15, 0.2) is 0 Å². The fourth-order valence-corrected chi connectivity index (χ4v) is 4.05. The van der Waals surface area contributed by atoms with Crippen molar-refractivity contribution in [3.05, 3.63) is 84.2 Å². The van der Waals surface area contributed by atoms with Gasteiger partial charge in [0.05, 0.1) is 22.5 Å². The van der Waals surface area contributed by atoms with Gasteiger partial charge in [-0.2, -0.15) is 0 Å². The molecule has 0 amide bonds. The topological polar surface area (TPSA) is 94.1 Å². The monoisotopic (exact) mass is 434 g/mol. The molecule has 4 rings (SSSR count). The number of nitrogens with one attached hydrogen (secondary N) is 1. The third-order valence-electron chi connectivity index (χ3n) is 4.67. The number of rotatable bonds is 8. The van der Waals surface area contributed by atoms with E-state index in [1.807, 2.05) is 43.5 Å². The average Bonchev–Trinajstić information content (AvgIpc) is 2.77. The van der Waals surface area contributed by atoms with Crippen LogP contribution in [0.4, 0.5) is 5.82 Å². The molecule has 0 aliphatic heterocycles. The van der Waals surface area contributed by atoms with Gasteiger partial charge in [0.2, 0.25) is 5.82 Å². The second kappa shape index (κ2) is 9.09. The van der Waals surface area contributed by atoms with Crippen LogP contribution in [0.25, 0.3) is 11.0 Å². The second-order valence-electron chi connectivity index (χ2n) is 7.10. The van der Waals surface area contributed by atoms with Crippen LogP contribution >= 0.6 is 0 Å². The highest BCUT2D eigenvalue weighted by molar-refractivity contribution is 7.92. The molecule has 0 saturated heterocycles. The largest absolute Gasteiger partial charge is 0.475 e. The summed E-state index contributed by atoms with van der Waals surface area (Å²) in [6.07, 6.45) is 5.07. The van der Waals surface area contributed by atoms with Gasteiger partial charge in [-0.3, -0.25) is 9.71 Å². The van der Waals surface area contributed by atoms with E-state index in [9.17, 15) is 8.42 Å². The molecule has 0 aliphatic carbocycles. The molecule has 0 radical (unpaired) electrons. The first kappa shape index (κ1) is 20.7. The number of anilines is 1. The maximum Gasteiger partial charge on any atom is 0.263 e. The summed E-state index contributed by atoms with van der Waals surface area (Å²) in [5, 5.41) is 0. The number of pyridine rings is 1. The molecule has 1 N–H and O–H groups in total. The fourth-order valence-electron chi connectivity index (χ4n) is 3.05. The summed E-state index contributed by atoms with van der Waals surface area (Å²) in [7, 11) is -3.84. The Hall–Kier alpha value is -3.52. The highest BCUT2D eigenvalue weighted by Crippen LogP contribution is 2.26. The molecule has 158 valence electrons. The predicted octanol–water partition coefficient (Wildman–Crippen LogP) is 4.15. The van der Waals surface area contributed by atoms with Crippen LogP contribution in [-0.2, 0) is 16.4 Å². The lowest BCUT2D eigenvalue weighted by molar-refractivity contribution is 0.301. The number of benzene rings is 2. The van der Waals surface area contributed by atoms with Crippen LogP contribution in [0, 0.1) is 6.92 Å². The average molecular weight is 435 g/mol. The van der Waals surface area contributed by atoms with Crippen molar-refractivity contribution in [2.24, 2.45) is 0 Å². The van der Waals surface area contributed by atoms with Gasteiger partial charge in [-0.05, 0) is 55.7 Å². The first-order chi connectivity index (χ1) is 15.0. The third-order valence-corrected chi connectivity index (χ3v) is 6.03. The van der Waals surface area contributed by atoms with Crippen molar-refractivity contribution in [3.8, 4) is 5.88 Å². The molecule has 4 aromatic rings. The Balaban J connectivity index is 1.56. The molecule has 0 atom stereocenters. The van der Waals surface area contributed by atoms with E-state index in [1.54, 1.807) is 36.5 Å².